The second-order valence-corrected chi connectivity index (χ2v) is 3.08. The molecule has 0 bridgehead atoms. The smallest absolute Gasteiger partial charge is 0.229 e. The lowest BCUT2D eigenvalue weighted by molar-refractivity contribution is -0.117. The molecular weight excluding hydrogens is 190 g/mol. The van der Waals surface area contributed by atoms with Crippen LogP contribution in [-0.4, -0.2) is 11.7 Å². The minimum absolute atomic E-state index is 0.00597. The van der Waals surface area contributed by atoms with Crippen LogP contribution in [0, 0.1) is 11.8 Å². The molecule has 15 heavy (non-hydrogen) atoms. The molecule has 0 aliphatic carbocycles. The van der Waals surface area contributed by atoms with Crippen molar-refractivity contribution in [3.8, 4) is 11.8 Å². The number of hydrogen-bond donors (Lipinski definition) is 1. The first-order valence-electron chi connectivity index (χ1n) is 4.48. The summed E-state index contributed by atoms with van der Waals surface area (Å²) in [4.78, 5) is 21.5. The van der Waals surface area contributed by atoms with Crippen LogP contribution >= 0.6 is 0 Å². The number of ketones is 1. The maximum absolute atomic E-state index is 11.1. The molecule has 3 heteroatoms. The lowest BCUT2D eigenvalue weighted by atomic mass is 10.1. The number of carbonyl (C=O) groups excluding carboxylic acids is 2. The van der Waals surface area contributed by atoms with Gasteiger partial charge in [-0.05, 0) is 19.1 Å². The molecule has 0 atom stereocenters. The summed E-state index contributed by atoms with van der Waals surface area (Å²) in [5, 5.41) is 0. The second-order valence-electron chi connectivity index (χ2n) is 3.08. The van der Waals surface area contributed by atoms with Crippen LogP contribution in [0.15, 0.2) is 24.3 Å². The fraction of sp³-hybridized carbons (Fsp3) is 0.167. The van der Waals surface area contributed by atoms with Crippen LogP contribution in [-0.2, 0) is 4.79 Å². The number of Topliss-reactive ketones (excluding diaryl/α,β-unsaturated/α-hetero) is 1. The van der Waals surface area contributed by atoms with Gasteiger partial charge in [-0.25, -0.2) is 0 Å². The molecule has 0 spiro atoms. The lowest BCUT2D eigenvalue weighted by Crippen LogP contribution is -2.08. The minimum atomic E-state index is -0.453. The van der Waals surface area contributed by atoms with Crippen LogP contribution in [0.1, 0.15) is 29.3 Å². The number of nitrogens with two attached hydrogens (primary N) is 1. The van der Waals surface area contributed by atoms with Gasteiger partial charge in [0.2, 0.25) is 5.91 Å². The molecule has 1 aromatic carbocycles. The average molecular weight is 201 g/mol. The first-order chi connectivity index (χ1) is 7.09. The summed E-state index contributed by atoms with van der Waals surface area (Å²) in [6, 6.07) is 6.95. The lowest BCUT2D eigenvalue weighted by Gasteiger charge is -1.95. The molecule has 76 valence electrons. The molecule has 0 aliphatic rings. The summed E-state index contributed by atoms with van der Waals surface area (Å²) < 4.78 is 0. The first kappa shape index (κ1) is 11.0. The van der Waals surface area contributed by atoms with E-state index in [0.29, 0.717) is 11.1 Å². The third-order valence-electron chi connectivity index (χ3n) is 1.76. The van der Waals surface area contributed by atoms with Gasteiger partial charge in [0.1, 0.15) is 0 Å². The van der Waals surface area contributed by atoms with Gasteiger partial charge in [0.25, 0.3) is 0 Å². The summed E-state index contributed by atoms with van der Waals surface area (Å²) in [5.41, 5.74) is 6.26. The predicted molar refractivity (Wildman–Crippen MR) is 57.1 cm³/mol. The quantitative estimate of drug-likeness (QED) is 0.575. The summed E-state index contributed by atoms with van der Waals surface area (Å²) in [5.74, 6) is 4.94. The molecule has 1 rings (SSSR count). The molecule has 0 heterocycles. The van der Waals surface area contributed by atoms with Crippen molar-refractivity contribution in [1.29, 1.82) is 0 Å². The highest BCUT2D eigenvalue weighted by molar-refractivity contribution is 5.94. The Morgan fingerprint density at radius 1 is 1.40 bits per heavy atom. The highest BCUT2D eigenvalue weighted by Gasteiger charge is 1.98. The third-order valence-corrected chi connectivity index (χ3v) is 1.76. The Morgan fingerprint density at radius 3 is 2.73 bits per heavy atom. The Morgan fingerprint density at radius 2 is 2.13 bits per heavy atom. The largest absolute Gasteiger partial charge is 0.369 e. The molecule has 0 fully saturated rings. The number of benzene rings is 1. The molecule has 0 aromatic heterocycles. The van der Waals surface area contributed by atoms with E-state index in [1.807, 2.05) is 0 Å². The SMILES string of the molecule is CC(=O)c1cccc(C#CCC(N)=O)c1. The van der Waals surface area contributed by atoms with Gasteiger partial charge in [-0.3, -0.25) is 9.59 Å². The Labute approximate surface area is 88.3 Å². The van der Waals surface area contributed by atoms with Crippen molar-refractivity contribution in [3.05, 3.63) is 35.4 Å². The van der Waals surface area contributed by atoms with Gasteiger partial charge in [-0.1, -0.05) is 24.0 Å². The Balaban J connectivity index is 2.85. The zero-order chi connectivity index (χ0) is 11.3. The van der Waals surface area contributed by atoms with Crippen molar-refractivity contribution in [2.45, 2.75) is 13.3 Å². The van der Waals surface area contributed by atoms with E-state index in [-0.39, 0.29) is 12.2 Å². The van der Waals surface area contributed by atoms with Crippen LogP contribution in [0.25, 0.3) is 0 Å². The zero-order valence-corrected chi connectivity index (χ0v) is 8.41. The molecule has 0 saturated heterocycles. The summed E-state index contributed by atoms with van der Waals surface area (Å²) in [7, 11) is 0. The predicted octanol–water partition coefficient (Wildman–Crippen LogP) is 1.12. The summed E-state index contributed by atoms with van der Waals surface area (Å²) in [6.07, 6.45) is 0.0320. The number of amides is 1. The molecular formula is C12H11NO2. The van der Waals surface area contributed by atoms with Gasteiger partial charge in [0.15, 0.2) is 5.78 Å². The van der Waals surface area contributed by atoms with Crippen molar-refractivity contribution in [2.24, 2.45) is 5.73 Å². The molecule has 0 radical (unpaired) electrons. The second kappa shape index (κ2) is 4.97. The van der Waals surface area contributed by atoms with Crippen LogP contribution < -0.4 is 5.73 Å². The number of primary amides is 1. The van der Waals surface area contributed by atoms with E-state index in [0.717, 1.165) is 0 Å². The molecule has 1 amide bonds. The molecule has 2 N–H and O–H groups in total. The first-order valence-corrected chi connectivity index (χ1v) is 4.48. The van der Waals surface area contributed by atoms with Crippen molar-refractivity contribution < 1.29 is 9.59 Å². The number of rotatable bonds is 2. The van der Waals surface area contributed by atoms with Crippen molar-refractivity contribution in [2.75, 3.05) is 0 Å². The molecule has 1 aromatic rings. The van der Waals surface area contributed by atoms with E-state index in [1.165, 1.54) is 6.92 Å². The van der Waals surface area contributed by atoms with Gasteiger partial charge < -0.3 is 5.73 Å². The van der Waals surface area contributed by atoms with Gasteiger partial charge in [0.05, 0.1) is 6.42 Å². The molecule has 0 aliphatic heterocycles. The fourth-order valence-corrected chi connectivity index (χ4v) is 1.05. The maximum Gasteiger partial charge on any atom is 0.229 e. The van der Waals surface area contributed by atoms with E-state index < -0.39 is 5.91 Å². The molecule has 0 saturated carbocycles. The zero-order valence-electron chi connectivity index (χ0n) is 8.41. The van der Waals surface area contributed by atoms with Crippen molar-refractivity contribution in [1.82, 2.24) is 0 Å². The van der Waals surface area contributed by atoms with Crippen molar-refractivity contribution in [3.63, 3.8) is 0 Å². The van der Waals surface area contributed by atoms with E-state index in [9.17, 15) is 9.59 Å². The highest BCUT2D eigenvalue weighted by Crippen LogP contribution is 2.04. The molecule has 0 unspecified atom stereocenters. The van der Waals surface area contributed by atoms with Crippen LogP contribution in [0.2, 0.25) is 0 Å². The standard InChI is InChI=1S/C12H11NO2/c1-9(14)11-6-2-4-10(8-11)5-3-7-12(13)15/h2,4,6,8H,7H2,1H3,(H2,13,15). The number of hydrogen-bond acceptors (Lipinski definition) is 2. The Hall–Kier alpha value is -2.08. The Bertz CT molecular complexity index is 452. The topological polar surface area (TPSA) is 60.2 Å². The maximum atomic E-state index is 11.1. The third kappa shape index (κ3) is 3.65. The van der Waals surface area contributed by atoms with Gasteiger partial charge in [-0.15, -0.1) is 0 Å². The van der Waals surface area contributed by atoms with Crippen molar-refractivity contribution >= 4 is 11.7 Å². The van der Waals surface area contributed by atoms with Gasteiger partial charge >= 0.3 is 0 Å². The summed E-state index contributed by atoms with van der Waals surface area (Å²) in [6.45, 7) is 1.50. The van der Waals surface area contributed by atoms with Crippen LogP contribution in [0.5, 0.6) is 0 Å². The van der Waals surface area contributed by atoms with Gasteiger partial charge in [-0.2, -0.15) is 0 Å². The van der Waals surface area contributed by atoms with E-state index in [4.69, 9.17) is 5.73 Å². The van der Waals surface area contributed by atoms with Gasteiger partial charge in [0, 0.05) is 11.1 Å². The monoisotopic (exact) mass is 201 g/mol. The Kier molecular flexibility index (Phi) is 3.64. The normalized spacial score (nSPS) is 8.87. The highest BCUT2D eigenvalue weighted by atomic mass is 16.1. The van der Waals surface area contributed by atoms with E-state index >= 15 is 0 Å². The van der Waals surface area contributed by atoms with E-state index in [2.05, 4.69) is 11.8 Å². The average Bonchev–Trinajstić information content (AvgIpc) is 2.17. The fourth-order valence-electron chi connectivity index (χ4n) is 1.05. The number of carbonyl (C=O) groups is 2. The molecule has 3 nitrogen and oxygen atoms in total. The van der Waals surface area contributed by atoms with E-state index in [1.54, 1.807) is 24.3 Å². The minimum Gasteiger partial charge on any atom is -0.369 e. The van der Waals surface area contributed by atoms with Crippen LogP contribution in [0.4, 0.5) is 0 Å². The van der Waals surface area contributed by atoms with Crippen LogP contribution in [0.3, 0.4) is 0 Å². The summed E-state index contributed by atoms with van der Waals surface area (Å²) >= 11 is 0.